The van der Waals surface area contributed by atoms with Crippen LogP contribution in [0.5, 0.6) is 5.75 Å². The van der Waals surface area contributed by atoms with Crippen LogP contribution in [-0.2, 0) is 0 Å². The molecule has 2 aromatic carbocycles. The molecule has 1 heterocycles. The SMILES string of the molecule is CC(C)(C)C.CC(C)(C)C.Cc1cc2ccccc2[nH]1.NC(=O)c1ccccc1O. The zero-order valence-electron chi connectivity index (χ0n) is 20.1. The highest BCUT2D eigenvalue weighted by Gasteiger charge is 2.03. The summed E-state index contributed by atoms with van der Waals surface area (Å²) in [5.41, 5.74) is 8.52. The first kappa shape index (κ1) is 27.2. The van der Waals surface area contributed by atoms with Gasteiger partial charge in [-0.3, -0.25) is 4.79 Å². The molecular formula is C26H40N2O2. The summed E-state index contributed by atoms with van der Waals surface area (Å²) in [6, 6.07) is 16.6. The fourth-order valence-electron chi connectivity index (χ4n) is 1.90. The van der Waals surface area contributed by atoms with Gasteiger partial charge in [0.25, 0.3) is 5.91 Å². The number of nitrogens with two attached hydrogens (primary N) is 1. The van der Waals surface area contributed by atoms with E-state index in [1.165, 1.54) is 28.7 Å². The van der Waals surface area contributed by atoms with E-state index in [0.29, 0.717) is 10.8 Å². The van der Waals surface area contributed by atoms with E-state index in [1.807, 2.05) is 6.07 Å². The second kappa shape index (κ2) is 12.1. The number of para-hydroxylation sites is 2. The summed E-state index contributed by atoms with van der Waals surface area (Å²) in [5.74, 6) is -0.687. The molecule has 3 rings (SSSR count). The molecule has 0 aliphatic rings. The molecule has 30 heavy (non-hydrogen) atoms. The Morgan fingerprint density at radius 3 is 1.67 bits per heavy atom. The first-order valence-corrected chi connectivity index (χ1v) is 10.2. The molecule has 0 radical (unpaired) electrons. The molecule has 0 bridgehead atoms. The highest BCUT2D eigenvalue weighted by molar-refractivity contribution is 5.95. The molecule has 166 valence electrons. The molecular weight excluding hydrogens is 372 g/mol. The van der Waals surface area contributed by atoms with Gasteiger partial charge in [-0.2, -0.15) is 0 Å². The van der Waals surface area contributed by atoms with Crippen molar-refractivity contribution >= 4 is 16.8 Å². The molecule has 0 aliphatic heterocycles. The van der Waals surface area contributed by atoms with Crippen LogP contribution in [0, 0.1) is 17.8 Å². The van der Waals surface area contributed by atoms with Crippen LogP contribution in [0.25, 0.3) is 10.9 Å². The molecule has 1 amide bonds. The first-order valence-electron chi connectivity index (χ1n) is 10.2. The number of H-pyrrole nitrogens is 1. The maximum absolute atomic E-state index is 10.5. The van der Waals surface area contributed by atoms with Gasteiger partial charge in [-0.05, 0) is 47.4 Å². The molecule has 0 spiro atoms. The van der Waals surface area contributed by atoms with Crippen molar-refractivity contribution in [1.29, 1.82) is 0 Å². The van der Waals surface area contributed by atoms with E-state index in [0.717, 1.165) is 0 Å². The Bertz CT molecular complexity index is 840. The predicted octanol–water partition coefficient (Wildman–Crippen LogP) is 7.07. The molecule has 4 N–H and O–H groups in total. The zero-order valence-corrected chi connectivity index (χ0v) is 20.1. The molecule has 3 aromatic rings. The van der Waals surface area contributed by atoms with E-state index in [4.69, 9.17) is 10.8 Å². The largest absolute Gasteiger partial charge is 0.507 e. The van der Waals surface area contributed by atoms with E-state index < -0.39 is 5.91 Å². The van der Waals surface area contributed by atoms with Gasteiger partial charge in [0.05, 0.1) is 5.56 Å². The minimum Gasteiger partial charge on any atom is -0.507 e. The number of nitrogens with one attached hydrogen (secondary N) is 1. The maximum Gasteiger partial charge on any atom is 0.252 e. The number of carbonyl (C=O) groups excluding carboxylic acids is 1. The summed E-state index contributed by atoms with van der Waals surface area (Å²) < 4.78 is 0. The van der Waals surface area contributed by atoms with Gasteiger partial charge in [-0.25, -0.2) is 0 Å². The summed E-state index contributed by atoms with van der Waals surface area (Å²) >= 11 is 0. The van der Waals surface area contributed by atoms with Crippen molar-refractivity contribution in [2.24, 2.45) is 16.6 Å². The smallest absolute Gasteiger partial charge is 0.252 e. The lowest BCUT2D eigenvalue weighted by Gasteiger charge is -2.05. The molecule has 4 nitrogen and oxygen atoms in total. The van der Waals surface area contributed by atoms with Crippen LogP contribution in [0.4, 0.5) is 0 Å². The summed E-state index contributed by atoms with van der Waals surface area (Å²) in [6.07, 6.45) is 0. The monoisotopic (exact) mass is 412 g/mol. The van der Waals surface area contributed by atoms with Crippen LogP contribution < -0.4 is 5.73 Å². The van der Waals surface area contributed by atoms with Gasteiger partial charge in [0.2, 0.25) is 0 Å². The van der Waals surface area contributed by atoms with Crippen LogP contribution in [-0.4, -0.2) is 16.0 Å². The number of hydrogen-bond donors (Lipinski definition) is 3. The van der Waals surface area contributed by atoms with Crippen molar-refractivity contribution in [2.75, 3.05) is 0 Å². The first-order chi connectivity index (χ1) is 13.6. The number of rotatable bonds is 1. The Balaban J connectivity index is 0.000000397. The van der Waals surface area contributed by atoms with Crippen LogP contribution in [0.3, 0.4) is 0 Å². The standard InChI is InChI=1S/C9H9N.C7H7NO2.2C5H12/c1-7-6-8-4-2-3-5-9(8)10-7;8-7(10)5-3-1-2-4-6(5)9;2*1-5(2,3)4/h2-6,10H,1H3;1-4,9H,(H2,8,10);2*1-4H3. The third-order valence-electron chi connectivity index (χ3n) is 2.83. The number of hydrogen-bond acceptors (Lipinski definition) is 2. The number of aryl methyl sites for hydroxylation is 1. The van der Waals surface area contributed by atoms with Gasteiger partial charge in [0.1, 0.15) is 5.75 Å². The molecule has 0 atom stereocenters. The molecule has 0 saturated carbocycles. The van der Waals surface area contributed by atoms with Gasteiger partial charge in [-0.1, -0.05) is 85.7 Å². The van der Waals surface area contributed by atoms with E-state index >= 15 is 0 Å². The lowest BCUT2D eigenvalue weighted by molar-refractivity contribution is 0.0997. The van der Waals surface area contributed by atoms with E-state index in [9.17, 15) is 4.79 Å². The van der Waals surface area contributed by atoms with Crippen LogP contribution in [0.2, 0.25) is 0 Å². The van der Waals surface area contributed by atoms with Gasteiger partial charge in [-0.15, -0.1) is 0 Å². The Hall–Kier alpha value is -2.75. The molecule has 0 fully saturated rings. The van der Waals surface area contributed by atoms with Crippen molar-refractivity contribution in [3.63, 3.8) is 0 Å². The second-order valence-corrected chi connectivity index (χ2v) is 10.4. The quantitative estimate of drug-likeness (QED) is 0.399. The third-order valence-corrected chi connectivity index (χ3v) is 2.83. The number of fused-ring (bicyclic) bond motifs is 1. The summed E-state index contributed by atoms with van der Waals surface area (Å²) in [4.78, 5) is 13.7. The van der Waals surface area contributed by atoms with Crippen molar-refractivity contribution in [1.82, 2.24) is 4.98 Å². The van der Waals surface area contributed by atoms with Gasteiger partial charge in [0.15, 0.2) is 0 Å². The average molecular weight is 413 g/mol. The molecule has 0 saturated heterocycles. The van der Waals surface area contributed by atoms with Crippen LogP contribution in [0.15, 0.2) is 54.6 Å². The van der Waals surface area contributed by atoms with Crippen molar-refractivity contribution in [2.45, 2.75) is 62.3 Å². The minimum absolute atomic E-state index is 0.0741. The zero-order chi connectivity index (χ0) is 23.5. The number of carbonyl (C=O) groups is 1. The Morgan fingerprint density at radius 1 is 0.833 bits per heavy atom. The highest BCUT2D eigenvalue weighted by atomic mass is 16.3. The van der Waals surface area contributed by atoms with Gasteiger partial charge in [0, 0.05) is 11.2 Å². The lowest BCUT2D eigenvalue weighted by Crippen LogP contribution is -2.10. The van der Waals surface area contributed by atoms with Crippen molar-refractivity contribution in [3.8, 4) is 5.75 Å². The molecule has 4 heteroatoms. The van der Waals surface area contributed by atoms with Gasteiger partial charge >= 0.3 is 0 Å². The highest BCUT2D eigenvalue weighted by Crippen LogP contribution is 2.14. The number of primary amides is 1. The Kier molecular flexibility index (Phi) is 11.0. The lowest BCUT2D eigenvalue weighted by atomic mass is 10.0. The van der Waals surface area contributed by atoms with E-state index in [1.54, 1.807) is 12.1 Å². The number of amides is 1. The fourth-order valence-corrected chi connectivity index (χ4v) is 1.90. The second-order valence-electron chi connectivity index (χ2n) is 10.4. The fraction of sp³-hybridized carbons (Fsp3) is 0.423. The normalized spacial score (nSPS) is 10.6. The Morgan fingerprint density at radius 2 is 1.27 bits per heavy atom. The number of aromatic amines is 1. The summed E-state index contributed by atoms with van der Waals surface area (Å²) in [7, 11) is 0. The maximum atomic E-state index is 10.5. The summed E-state index contributed by atoms with van der Waals surface area (Å²) in [6.45, 7) is 19.6. The number of benzene rings is 2. The predicted molar refractivity (Wildman–Crippen MR) is 130 cm³/mol. The van der Waals surface area contributed by atoms with E-state index in [-0.39, 0.29) is 11.3 Å². The van der Waals surface area contributed by atoms with Crippen molar-refractivity contribution < 1.29 is 9.90 Å². The topological polar surface area (TPSA) is 79.1 Å². The number of aromatic hydroxyl groups is 1. The molecule has 1 aromatic heterocycles. The van der Waals surface area contributed by atoms with Gasteiger partial charge < -0.3 is 15.8 Å². The van der Waals surface area contributed by atoms with Crippen molar-refractivity contribution in [3.05, 3.63) is 65.9 Å². The average Bonchev–Trinajstić information content (AvgIpc) is 2.92. The minimum atomic E-state index is -0.613. The Labute approximate surface area is 182 Å². The number of phenols is 1. The third kappa shape index (κ3) is 15.2. The molecule has 0 aliphatic carbocycles. The number of aromatic nitrogens is 1. The molecule has 0 unspecified atom stereocenters. The van der Waals surface area contributed by atoms with Crippen LogP contribution >= 0.6 is 0 Å². The van der Waals surface area contributed by atoms with E-state index in [2.05, 4.69) is 91.6 Å². The summed E-state index contributed by atoms with van der Waals surface area (Å²) in [5, 5.41) is 10.3. The van der Waals surface area contributed by atoms with Crippen LogP contribution in [0.1, 0.15) is 71.4 Å².